The molecular weight excluding hydrogens is 358 g/mol. The quantitative estimate of drug-likeness (QED) is 0.856. The van der Waals surface area contributed by atoms with Gasteiger partial charge in [0.15, 0.2) is 19.7 Å². The second-order valence-electron chi connectivity index (χ2n) is 6.39. The van der Waals surface area contributed by atoms with Crippen molar-refractivity contribution in [2.24, 2.45) is 0 Å². The fourth-order valence-electron chi connectivity index (χ4n) is 3.15. The van der Waals surface area contributed by atoms with Crippen LogP contribution in [-0.2, 0) is 26.2 Å². The predicted molar refractivity (Wildman–Crippen MR) is 97.9 cm³/mol. The Morgan fingerprint density at radius 3 is 2.32 bits per heavy atom. The number of benzene rings is 2. The average molecular weight is 380 g/mol. The van der Waals surface area contributed by atoms with Crippen LogP contribution in [0.1, 0.15) is 11.1 Å². The van der Waals surface area contributed by atoms with Gasteiger partial charge in [-0.2, -0.15) is 0 Å². The number of nitrogens with one attached hydrogen (secondary N) is 1. The summed E-state index contributed by atoms with van der Waals surface area (Å²) < 4.78 is 50.0. The zero-order valence-corrected chi connectivity index (χ0v) is 15.6. The highest BCUT2D eigenvalue weighted by molar-refractivity contribution is 7.96. The third-order valence-electron chi connectivity index (χ3n) is 4.59. The number of aryl methyl sites for hydroxylation is 1. The van der Waals surface area contributed by atoms with E-state index in [4.69, 9.17) is 0 Å². The maximum Gasteiger partial charge on any atom is 0.183 e. The normalized spacial score (nSPS) is 22.8. The van der Waals surface area contributed by atoms with Crippen LogP contribution in [0.5, 0.6) is 0 Å². The molecule has 0 bridgehead atoms. The van der Waals surface area contributed by atoms with Crippen LogP contribution in [0.15, 0.2) is 59.5 Å². The summed E-state index contributed by atoms with van der Waals surface area (Å²) in [5, 5.41) is 2.19. The molecule has 3 rings (SSSR count). The first-order chi connectivity index (χ1) is 11.8. The van der Waals surface area contributed by atoms with Gasteiger partial charge in [0.2, 0.25) is 0 Å². The molecular formula is C18H21NO4S2. The molecule has 134 valence electrons. The van der Waals surface area contributed by atoms with Gasteiger partial charge in [-0.15, -0.1) is 0 Å². The molecule has 5 nitrogen and oxygen atoms in total. The SMILES string of the molecule is Cc1ccccc1CN[C@H]1CS(=O)(=O)C[C@@H]1S(=O)(=O)c1ccccc1. The first-order valence-electron chi connectivity index (χ1n) is 8.07. The molecule has 1 N–H and O–H groups in total. The summed E-state index contributed by atoms with van der Waals surface area (Å²) in [6, 6.07) is 15.2. The maximum absolute atomic E-state index is 12.9. The molecule has 1 aliphatic rings. The second kappa shape index (κ2) is 6.90. The zero-order valence-electron chi connectivity index (χ0n) is 13.9. The van der Waals surface area contributed by atoms with Crippen LogP contribution < -0.4 is 5.32 Å². The Labute approximate surface area is 148 Å². The Bertz CT molecular complexity index is 954. The highest BCUT2D eigenvalue weighted by atomic mass is 32.2. The van der Waals surface area contributed by atoms with Crippen LogP contribution in [-0.4, -0.2) is 39.6 Å². The smallest absolute Gasteiger partial charge is 0.183 e. The van der Waals surface area contributed by atoms with Gasteiger partial charge in [0, 0.05) is 12.6 Å². The zero-order chi connectivity index (χ0) is 18.1. The molecule has 0 saturated carbocycles. The molecule has 25 heavy (non-hydrogen) atoms. The van der Waals surface area contributed by atoms with E-state index in [-0.39, 0.29) is 16.4 Å². The lowest BCUT2D eigenvalue weighted by Crippen LogP contribution is -2.43. The van der Waals surface area contributed by atoms with E-state index < -0.39 is 31.0 Å². The first kappa shape index (κ1) is 18.1. The van der Waals surface area contributed by atoms with E-state index in [0.717, 1.165) is 11.1 Å². The van der Waals surface area contributed by atoms with Gasteiger partial charge in [-0.25, -0.2) is 16.8 Å². The molecule has 2 aromatic carbocycles. The van der Waals surface area contributed by atoms with Crippen LogP contribution in [0.25, 0.3) is 0 Å². The Hall–Kier alpha value is -1.70. The van der Waals surface area contributed by atoms with Crippen molar-refractivity contribution in [1.82, 2.24) is 5.32 Å². The van der Waals surface area contributed by atoms with E-state index in [0.29, 0.717) is 6.54 Å². The van der Waals surface area contributed by atoms with E-state index in [1.807, 2.05) is 31.2 Å². The van der Waals surface area contributed by atoms with Crippen LogP contribution in [0, 0.1) is 6.92 Å². The van der Waals surface area contributed by atoms with E-state index in [9.17, 15) is 16.8 Å². The Morgan fingerprint density at radius 2 is 1.64 bits per heavy atom. The lowest BCUT2D eigenvalue weighted by atomic mass is 10.1. The third kappa shape index (κ3) is 3.94. The molecule has 2 aromatic rings. The largest absolute Gasteiger partial charge is 0.308 e. The monoisotopic (exact) mass is 379 g/mol. The van der Waals surface area contributed by atoms with Gasteiger partial charge in [0.05, 0.1) is 21.7 Å². The fourth-order valence-corrected chi connectivity index (χ4v) is 7.88. The summed E-state index contributed by atoms with van der Waals surface area (Å²) in [6.45, 7) is 2.41. The van der Waals surface area contributed by atoms with E-state index in [1.165, 1.54) is 12.1 Å². The van der Waals surface area contributed by atoms with Gasteiger partial charge >= 0.3 is 0 Å². The van der Waals surface area contributed by atoms with Crippen molar-refractivity contribution >= 4 is 19.7 Å². The predicted octanol–water partition coefficient (Wildman–Crippen LogP) is 1.72. The van der Waals surface area contributed by atoms with Crippen LogP contribution in [0.2, 0.25) is 0 Å². The van der Waals surface area contributed by atoms with Gasteiger partial charge in [-0.05, 0) is 30.2 Å². The number of rotatable bonds is 5. The van der Waals surface area contributed by atoms with Crippen molar-refractivity contribution in [1.29, 1.82) is 0 Å². The standard InChI is InChI=1S/C18H21NO4S2/c1-14-7-5-6-8-15(14)11-19-17-12-24(20,21)13-18(17)25(22,23)16-9-3-2-4-10-16/h2-10,17-19H,11-13H2,1H3/t17-,18-/m0/s1. The van der Waals surface area contributed by atoms with Gasteiger partial charge in [0.1, 0.15) is 0 Å². The van der Waals surface area contributed by atoms with E-state index in [2.05, 4.69) is 5.32 Å². The lowest BCUT2D eigenvalue weighted by molar-refractivity contribution is 0.525. The number of hydrogen-bond acceptors (Lipinski definition) is 5. The molecule has 0 amide bonds. The van der Waals surface area contributed by atoms with Crippen LogP contribution in [0.4, 0.5) is 0 Å². The molecule has 1 saturated heterocycles. The van der Waals surface area contributed by atoms with Gasteiger partial charge < -0.3 is 5.32 Å². The topological polar surface area (TPSA) is 80.3 Å². The van der Waals surface area contributed by atoms with Crippen molar-refractivity contribution in [2.45, 2.75) is 29.7 Å². The lowest BCUT2D eigenvalue weighted by Gasteiger charge is -2.20. The molecule has 7 heteroatoms. The molecule has 0 unspecified atom stereocenters. The van der Waals surface area contributed by atoms with Crippen LogP contribution in [0.3, 0.4) is 0 Å². The Kier molecular flexibility index (Phi) is 4.99. The third-order valence-corrected chi connectivity index (χ3v) is 8.75. The van der Waals surface area contributed by atoms with Crippen molar-refractivity contribution in [3.63, 3.8) is 0 Å². The first-order valence-corrected chi connectivity index (χ1v) is 11.4. The summed E-state index contributed by atoms with van der Waals surface area (Å²) in [7, 11) is -7.11. The number of hydrogen-bond donors (Lipinski definition) is 1. The molecule has 1 aliphatic heterocycles. The summed E-state index contributed by atoms with van der Waals surface area (Å²) in [4.78, 5) is 0.166. The minimum atomic E-state index is -3.72. The molecule has 1 fully saturated rings. The molecule has 0 aliphatic carbocycles. The second-order valence-corrected chi connectivity index (χ2v) is 10.7. The van der Waals surface area contributed by atoms with Gasteiger partial charge in [0.25, 0.3) is 0 Å². The summed E-state index contributed by atoms with van der Waals surface area (Å²) in [5.74, 6) is -0.495. The molecule has 2 atom stereocenters. The molecule has 1 heterocycles. The van der Waals surface area contributed by atoms with Crippen molar-refractivity contribution in [2.75, 3.05) is 11.5 Å². The van der Waals surface area contributed by atoms with Crippen molar-refractivity contribution < 1.29 is 16.8 Å². The van der Waals surface area contributed by atoms with Crippen molar-refractivity contribution in [3.05, 3.63) is 65.7 Å². The maximum atomic E-state index is 12.9. The van der Waals surface area contributed by atoms with Gasteiger partial charge in [-0.1, -0.05) is 42.5 Å². The van der Waals surface area contributed by atoms with Crippen molar-refractivity contribution in [3.8, 4) is 0 Å². The highest BCUT2D eigenvalue weighted by Crippen LogP contribution is 2.26. The van der Waals surface area contributed by atoms with Crippen LogP contribution >= 0.6 is 0 Å². The fraction of sp³-hybridized carbons (Fsp3) is 0.333. The molecule has 0 spiro atoms. The van der Waals surface area contributed by atoms with E-state index in [1.54, 1.807) is 18.2 Å². The molecule has 0 aromatic heterocycles. The molecule has 0 radical (unpaired) electrons. The van der Waals surface area contributed by atoms with E-state index >= 15 is 0 Å². The number of sulfone groups is 2. The minimum absolute atomic E-state index is 0.157. The summed E-state index contributed by atoms with van der Waals surface area (Å²) >= 11 is 0. The Morgan fingerprint density at radius 1 is 1.00 bits per heavy atom. The summed E-state index contributed by atoms with van der Waals surface area (Å²) in [6.07, 6.45) is 0. The average Bonchev–Trinajstić information content (AvgIpc) is 2.90. The summed E-state index contributed by atoms with van der Waals surface area (Å²) in [5.41, 5.74) is 2.11. The Balaban J connectivity index is 1.86. The minimum Gasteiger partial charge on any atom is -0.308 e. The van der Waals surface area contributed by atoms with Gasteiger partial charge in [-0.3, -0.25) is 0 Å². The highest BCUT2D eigenvalue weighted by Gasteiger charge is 2.45.